The molecule has 0 amide bonds. The molecule has 6 heteroatoms. The molecule has 1 atom stereocenters. The third-order valence-corrected chi connectivity index (χ3v) is 13.1. The Labute approximate surface area is 422 Å². The third kappa shape index (κ3) is 54.3. The Hall–Kier alpha value is -2.63. The van der Waals surface area contributed by atoms with Crippen molar-refractivity contribution in [2.75, 3.05) is 13.2 Å². The second-order valence-corrected chi connectivity index (χ2v) is 19.9. The van der Waals surface area contributed by atoms with E-state index in [2.05, 4.69) is 69.4 Å². The normalized spacial score (nSPS) is 12.3. The van der Waals surface area contributed by atoms with Crippen molar-refractivity contribution in [3.8, 4) is 0 Å². The first-order valence-corrected chi connectivity index (χ1v) is 29.6. The first-order valence-electron chi connectivity index (χ1n) is 29.6. The van der Waals surface area contributed by atoms with E-state index >= 15 is 0 Å². The van der Waals surface area contributed by atoms with Crippen molar-refractivity contribution in [2.45, 2.75) is 316 Å². The van der Waals surface area contributed by atoms with Gasteiger partial charge in [-0.25, -0.2) is 0 Å². The van der Waals surface area contributed by atoms with Crippen LogP contribution in [0.25, 0.3) is 0 Å². The van der Waals surface area contributed by atoms with Crippen molar-refractivity contribution < 1.29 is 28.6 Å². The summed E-state index contributed by atoms with van der Waals surface area (Å²) in [5, 5.41) is 0. The van der Waals surface area contributed by atoms with Crippen LogP contribution in [0.4, 0.5) is 0 Å². The van der Waals surface area contributed by atoms with Crippen LogP contribution in [0, 0.1) is 0 Å². The van der Waals surface area contributed by atoms with Crippen LogP contribution in [0.1, 0.15) is 310 Å². The van der Waals surface area contributed by atoms with E-state index in [1.165, 1.54) is 186 Å². The highest BCUT2D eigenvalue weighted by Gasteiger charge is 2.19. The molecule has 0 aromatic heterocycles. The SMILES string of the molecule is CCCCC/C=C/C/C=C/C/C=C/C/C=C/CCCCCC(=O)OC[C@@H](COC(=O)CCCCCCCCCCCCCCCCC)OC(=O)CCCCCCCCCCCCCCCCCC. The molecule has 0 aliphatic heterocycles. The van der Waals surface area contributed by atoms with Crippen molar-refractivity contribution in [3.63, 3.8) is 0 Å². The predicted molar refractivity (Wildman–Crippen MR) is 293 cm³/mol. The van der Waals surface area contributed by atoms with Gasteiger partial charge in [-0.1, -0.05) is 275 Å². The van der Waals surface area contributed by atoms with E-state index in [9.17, 15) is 14.4 Å². The molecule has 68 heavy (non-hydrogen) atoms. The molecule has 0 fully saturated rings. The molecule has 0 heterocycles. The van der Waals surface area contributed by atoms with Crippen LogP contribution >= 0.6 is 0 Å². The van der Waals surface area contributed by atoms with Gasteiger partial charge in [0, 0.05) is 19.3 Å². The quantitative estimate of drug-likeness (QED) is 0.0262. The minimum absolute atomic E-state index is 0.0787. The molecule has 0 N–H and O–H groups in total. The summed E-state index contributed by atoms with van der Waals surface area (Å²) in [6.45, 7) is 6.63. The topological polar surface area (TPSA) is 78.9 Å². The molecular formula is C62H112O6. The van der Waals surface area contributed by atoms with Gasteiger partial charge in [0.25, 0.3) is 0 Å². The summed E-state index contributed by atoms with van der Waals surface area (Å²) in [6, 6.07) is 0. The number of rotatable bonds is 54. The van der Waals surface area contributed by atoms with Crippen LogP contribution < -0.4 is 0 Å². The molecule has 0 aromatic rings. The van der Waals surface area contributed by atoms with Crippen LogP contribution in [-0.2, 0) is 28.6 Å². The molecule has 0 unspecified atom stereocenters. The zero-order valence-corrected chi connectivity index (χ0v) is 45.4. The van der Waals surface area contributed by atoms with Gasteiger partial charge in [-0.15, -0.1) is 0 Å². The third-order valence-electron chi connectivity index (χ3n) is 13.1. The van der Waals surface area contributed by atoms with Crippen molar-refractivity contribution in [2.24, 2.45) is 0 Å². The molecule has 0 aromatic carbocycles. The van der Waals surface area contributed by atoms with E-state index in [1.807, 2.05) is 0 Å². The zero-order valence-electron chi connectivity index (χ0n) is 45.4. The van der Waals surface area contributed by atoms with E-state index in [0.717, 1.165) is 83.5 Å². The van der Waals surface area contributed by atoms with E-state index in [0.29, 0.717) is 19.3 Å². The molecule has 6 nitrogen and oxygen atoms in total. The van der Waals surface area contributed by atoms with Gasteiger partial charge in [0.2, 0.25) is 0 Å². The maximum absolute atomic E-state index is 12.9. The molecular weight excluding hydrogens is 841 g/mol. The molecule has 0 saturated heterocycles. The van der Waals surface area contributed by atoms with Gasteiger partial charge < -0.3 is 14.2 Å². The average Bonchev–Trinajstić information content (AvgIpc) is 3.34. The van der Waals surface area contributed by atoms with Gasteiger partial charge in [0.05, 0.1) is 0 Å². The summed E-state index contributed by atoms with van der Waals surface area (Å²) in [4.78, 5) is 38.2. The Morgan fingerprint density at radius 1 is 0.294 bits per heavy atom. The van der Waals surface area contributed by atoms with Crippen LogP contribution in [0.5, 0.6) is 0 Å². The van der Waals surface area contributed by atoms with Crippen LogP contribution in [0.3, 0.4) is 0 Å². The molecule has 0 radical (unpaired) electrons. The molecule has 0 bridgehead atoms. The molecule has 396 valence electrons. The number of hydrogen-bond donors (Lipinski definition) is 0. The number of esters is 3. The molecule has 0 aliphatic carbocycles. The fourth-order valence-corrected chi connectivity index (χ4v) is 8.60. The number of carbonyl (C=O) groups excluding carboxylic acids is 3. The standard InChI is InChI=1S/C62H112O6/c1-4-7-10-13-16-19-22-25-28-30-31-32-35-37-40-43-46-49-52-55-61(64)67-58-59(57-66-60(63)54-51-48-45-42-39-36-33-27-24-21-18-15-12-9-6-3)68-62(65)56-53-50-47-44-41-38-34-29-26-23-20-17-14-11-8-5-2/h16,19,25,28,31-32,37,40,59H,4-15,17-18,20-24,26-27,29-30,33-36,38-39,41-58H2,1-3H3/b19-16+,28-25+,32-31+,40-37+/t59-/m1/s1. The Morgan fingerprint density at radius 3 is 0.853 bits per heavy atom. The van der Waals surface area contributed by atoms with E-state index in [1.54, 1.807) is 0 Å². The lowest BCUT2D eigenvalue weighted by atomic mass is 10.0. The van der Waals surface area contributed by atoms with Gasteiger partial charge in [0.1, 0.15) is 13.2 Å². The lowest BCUT2D eigenvalue weighted by molar-refractivity contribution is -0.167. The van der Waals surface area contributed by atoms with E-state index < -0.39 is 6.10 Å². The van der Waals surface area contributed by atoms with Crippen molar-refractivity contribution >= 4 is 17.9 Å². The van der Waals surface area contributed by atoms with Crippen LogP contribution in [0.15, 0.2) is 48.6 Å². The Morgan fingerprint density at radius 2 is 0.529 bits per heavy atom. The molecule has 0 rings (SSSR count). The summed E-state index contributed by atoms with van der Waals surface area (Å²) >= 11 is 0. The van der Waals surface area contributed by atoms with Crippen LogP contribution in [-0.4, -0.2) is 37.2 Å². The maximum Gasteiger partial charge on any atom is 0.306 e. The Bertz CT molecular complexity index is 1190. The minimum atomic E-state index is -0.782. The monoisotopic (exact) mass is 953 g/mol. The first kappa shape index (κ1) is 65.4. The molecule has 0 aliphatic rings. The Balaban J connectivity index is 4.40. The Kier molecular flexibility index (Phi) is 54.8. The predicted octanol–water partition coefficient (Wildman–Crippen LogP) is 19.8. The van der Waals surface area contributed by atoms with Gasteiger partial charge in [0.15, 0.2) is 6.10 Å². The van der Waals surface area contributed by atoms with Crippen LogP contribution in [0.2, 0.25) is 0 Å². The fourth-order valence-electron chi connectivity index (χ4n) is 8.60. The largest absolute Gasteiger partial charge is 0.462 e. The lowest BCUT2D eigenvalue weighted by Crippen LogP contribution is -2.30. The van der Waals surface area contributed by atoms with Gasteiger partial charge in [-0.3, -0.25) is 14.4 Å². The molecule has 0 saturated carbocycles. The summed E-state index contributed by atoms with van der Waals surface area (Å²) in [7, 11) is 0. The van der Waals surface area contributed by atoms with Gasteiger partial charge in [-0.2, -0.15) is 0 Å². The minimum Gasteiger partial charge on any atom is -0.462 e. The average molecular weight is 954 g/mol. The summed E-state index contributed by atoms with van der Waals surface area (Å²) in [5.74, 6) is -0.892. The fraction of sp³-hybridized carbons (Fsp3) is 0.823. The second kappa shape index (κ2) is 57.0. The summed E-state index contributed by atoms with van der Waals surface area (Å²) in [6.07, 6.45) is 69.5. The lowest BCUT2D eigenvalue weighted by Gasteiger charge is -2.18. The highest BCUT2D eigenvalue weighted by molar-refractivity contribution is 5.71. The van der Waals surface area contributed by atoms with E-state index in [-0.39, 0.29) is 31.1 Å². The number of allylic oxidation sites excluding steroid dienone is 8. The highest BCUT2D eigenvalue weighted by atomic mass is 16.6. The first-order chi connectivity index (χ1) is 33.5. The number of unbranched alkanes of at least 4 members (excludes halogenated alkanes) is 35. The second-order valence-electron chi connectivity index (χ2n) is 19.9. The number of ether oxygens (including phenoxy) is 3. The highest BCUT2D eigenvalue weighted by Crippen LogP contribution is 2.17. The van der Waals surface area contributed by atoms with Crippen molar-refractivity contribution in [1.29, 1.82) is 0 Å². The van der Waals surface area contributed by atoms with Crippen molar-refractivity contribution in [3.05, 3.63) is 48.6 Å². The van der Waals surface area contributed by atoms with E-state index in [4.69, 9.17) is 14.2 Å². The van der Waals surface area contributed by atoms with Gasteiger partial charge in [-0.05, 0) is 64.2 Å². The maximum atomic E-state index is 12.9. The zero-order chi connectivity index (χ0) is 49.3. The molecule has 0 spiro atoms. The smallest absolute Gasteiger partial charge is 0.306 e. The summed E-state index contributed by atoms with van der Waals surface area (Å²) in [5.41, 5.74) is 0. The summed E-state index contributed by atoms with van der Waals surface area (Å²) < 4.78 is 16.9. The van der Waals surface area contributed by atoms with Gasteiger partial charge >= 0.3 is 17.9 Å². The number of carbonyl (C=O) groups is 3. The number of hydrogen-bond acceptors (Lipinski definition) is 6. The van der Waals surface area contributed by atoms with Crippen molar-refractivity contribution in [1.82, 2.24) is 0 Å².